The highest BCUT2D eigenvalue weighted by molar-refractivity contribution is 5.75. The van der Waals surface area contributed by atoms with Gasteiger partial charge in [-0.1, -0.05) is 12.1 Å². The number of hydrogen-bond donors (Lipinski definition) is 2. The first-order chi connectivity index (χ1) is 9.58. The Bertz CT molecular complexity index is 421. The third-order valence-corrected chi connectivity index (χ3v) is 3.20. The molecule has 20 heavy (non-hydrogen) atoms. The molecule has 1 rings (SSSR count). The van der Waals surface area contributed by atoms with E-state index in [0.29, 0.717) is 19.5 Å². The van der Waals surface area contributed by atoms with E-state index < -0.39 is 0 Å². The number of carbonyl (C=O) groups excluding carboxylic acids is 1. The van der Waals surface area contributed by atoms with Crippen LogP contribution < -0.4 is 15.8 Å². The Morgan fingerprint density at radius 1 is 1.45 bits per heavy atom. The molecule has 112 valence electrons. The van der Waals surface area contributed by atoms with Gasteiger partial charge in [0.05, 0.1) is 13.2 Å². The number of likely N-dealkylation sites (N-methyl/N-ethyl adjacent to an activating group) is 1. The normalized spacial score (nSPS) is 12.2. The van der Waals surface area contributed by atoms with E-state index in [9.17, 15) is 4.79 Å². The summed E-state index contributed by atoms with van der Waals surface area (Å²) in [6, 6.07) is 8.03. The van der Waals surface area contributed by atoms with Crippen molar-refractivity contribution in [2.75, 3.05) is 34.3 Å². The summed E-state index contributed by atoms with van der Waals surface area (Å²) >= 11 is 0. The molecular weight excluding hydrogens is 254 g/mol. The maximum Gasteiger partial charge on any atom is 0.220 e. The number of nitrogens with zero attached hydrogens (tertiary/aromatic N) is 1. The second-order valence-corrected chi connectivity index (χ2v) is 4.95. The lowest BCUT2D eigenvalue weighted by atomic mass is 10.1. The molecule has 5 nitrogen and oxygen atoms in total. The van der Waals surface area contributed by atoms with Crippen LogP contribution in [0.1, 0.15) is 24.4 Å². The molecular formula is C15H25N3O2. The van der Waals surface area contributed by atoms with Gasteiger partial charge in [0.1, 0.15) is 5.75 Å². The van der Waals surface area contributed by atoms with Crippen LogP contribution in [-0.4, -0.2) is 45.1 Å². The lowest BCUT2D eigenvalue weighted by molar-refractivity contribution is -0.121. The van der Waals surface area contributed by atoms with Gasteiger partial charge in [-0.05, 0) is 44.8 Å². The van der Waals surface area contributed by atoms with Gasteiger partial charge in [0, 0.05) is 13.0 Å². The summed E-state index contributed by atoms with van der Waals surface area (Å²) in [4.78, 5) is 13.8. The van der Waals surface area contributed by atoms with E-state index >= 15 is 0 Å². The zero-order chi connectivity index (χ0) is 15.0. The maximum atomic E-state index is 11.7. The highest BCUT2D eigenvalue weighted by atomic mass is 16.5. The van der Waals surface area contributed by atoms with Crippen LogP contribution in [0.2, 0.25) is 0 Å². The summed E-state index contributed by atoms with van der Waals surface area (Å²) in [5, 5.41) is 2.96. The number of methoxy groups -OCH3 is 1. The fourth-order valence-electron chi connectivity index (χ4n) is 2.01. The van der Waals surface area contributed by atoms with Gasteiger partial charge in [0.2, 0.25) is 5.91 Å². The van der Waals surface area contributed by atoms with E-state index in [1.165, 1.54) is 0 Å². The van der Waals surface area contributed by atoms with Crippen molar-refractivity contribution in [3.05, 3.63) is 29.8 Å². The molecule has 0 radical (unpaired) electrons. The van der Waals surface area contributed by atoms with Crippen molar-refractivity contribution >= 4 is 5.91 Å². The monoisotopic (exact) mass is 279 g/mol. The third-order valence-electron chi connectivity index (χ3n) is 3.20. The molecule has 0 aliphatic heterocycles. The molecule has 1 unspecified atom stereocenters. The van der Waals surface area contributed by atoms with Crippen LogP contribution in [0.15, 0.2) is 24.3 Å². The van der Waals surface area contributed by atoms with E-state index in [1.54, 1.807) is 7.11 Å². The lowest BCUT2D eigenvalue weighted by Crippen LogP contribution is -2.34. The van der Waals surface area contributed by atoms with E-state index in [0.717, 1.165) is 17.7 Å². The number of rotatable bonds is 8. The Balaban J connectivity index is 2.66. The van der Waals surface area contributed by atoms with Crippen molar-refractivity contribution in [2.24, 2.45) is 5.73 Å². The number of amides is 1. The first-order valence-corrected chi connectivity index (χ1v) is 6.85. The van der Waals surface area contributed by atoms with Crippen LogP contribution in [0.25, 0.3) is 0 Å². The molecule has 1 aromatic carbocycles. The molecule has 0 aliphatic rings. The average molecular weight is 279 g/mol. The zero-order valence-corrected chi connectivity index (χ0v) is 12.6. The SMILES string of the molecule is COc1cccc(C(CNC(=O)CCCN)N(C)C)c1. The molecule has 3 N–H and O–H groups in total. The molecule has 0 bridgehead atoms. The largest absolute Gasteiger partial charge is 0.497 e. The molecule has 0 spiro atoms. The molecule has 0 aromatic heterocycles. The number of benzene rings is 1. The Morgan fingerprint density at radius 3 is 2.80 bits per heavy atom. The van der Waals surface area contributed by atoms with Crippen molar-refractivity contribution in [3.8, 4) is 5.75 Å². The molecule has 0 aliphatic carbocycles. The quantitative estimate of drug-likeness (QED) is 0.749. The van der Waals surface area contributed by atoms with Crippen LogP contribution in [0.3, 0.4) is 0 Å². The summed E-state index contributed by atoms with van der Waals surface area (Å²) < 4.78 is 5.24. The van der Waals surface area contributed by atoms with Crippen LogP contribution in [-0.2, 0) is 4.79 Å². The van der Waals surface area contributed by atoms with Gasteiger partial charge >= 0.3 is 0 Å². The van der Waals surface area contributed by atoms with Gasteiger partial charge in [-0.25, -0.2) is 0 Å². The van der Waals surface area contributed by atoms with Crippen LogP contribution in [0.5, 0.6) is 5.75 Å². The molecule has 0 fully saturated rings. The van der Waals surface area contributed by atoms with Crippen molar-refractivity contribution in [1.29, 1.82) is 0 Å². The van der Waals surface area contributed by atoms with Gasteiger partial charge in [-0.2, -0.15) is 0 Å². The molecule has 1 atom stereocenters. The topological polar surface area (TPSA) is 67.6 Å². The van der Waals surface area contributed by atoms with Crippen molar-refractivity contribution in [3.63, 3.8) is 0 Å². The molecule has 1 aromatic rings. The number of carbonyl (C=O) groups is 1. The van der Waals surface area contributed by atoms with Crippen molar-refractivity contribution < 1.29 is 9.53 Å². The predicted molar refractivity (Wildman–Crippen MR) is 80.7 cm³/mol. The number of hydrogen-bond acceptors (Lipinski definition) is 4. The summed E-state index contributed by atoms with van der Waals surface area (Å²) in [7, 11) is 5.64. The van der Waals surface area contributed by atoms with E-state index in [1.807, 2.05) is 38.4 Å². The first kappa shape index (κ1) is 16.5. The molecule has 0 saturated carbocycles. The number of nitrogens with two attached hydrogens (primary N) is 1. The van der Waals surface area contributed by atoms with E-state index in [4.69, 9.17) is 10.5 Å². The van der Waals surface area contributed by atoms with Crippen molar-refractivity contribution in [2.45, 2.75) is 18.9 Å². The molecule has 0 heterocycles. The van der Waals surface area contributed by atoms with E-state index in [2.05, 4.69) is 10.2 Å². The van der Waals surface area contributed by atoms with Crippen LogP contribution in [0.4, 0.5) is 0 Å². The average Bonchev–Trinajstić information content (AvgIpc) is 2.45. The summed E-state index contributed by atoms with van der Waals surface area (Å²) in [5.74, 6) is 0.869. The second-order valence-electron chi connectivity index (χ2n) is 4.95. The van der Waals surface area contributed by atoms with Gasteiger partial charge in [0.15, 0.2) is 0 Å². The van der Waals surface area contributed by atoms with Crippen LogP contribution in [0, 0.1) is 0 Å². The van der Waals surface area contributed by atoms with E-state index in [-0.39, 0.29) is 11.9 Å². The third kappa shape index (κ3) is 5.19. The fourth-order valence-corrected chi connectivity index (χ4v) is 2.01. The Labute approximate surface area is 121 Å². The minimum absolute atomic E-state index is 0.0465. The second kappa shape index (κ2) is 8.55. The standard InChI is InChI=1S/C15H25N3O2/c1-18(2)14(11-17-15(19)8-5-9-16)12-6-4-7-13(10-12)20-3/h4,6-7,10,14H,5,8-9,11,16H2,1-3H3,(H,17,19). The highest BCUT2D eigenvalue weighted by Crippen LogP contribution is 2.22. The summed E-state index contributed by atoms with van der Waals surface area (Å²) in [6.07, 6.45) is 1.20. The van der Waals surface area contributed by atoms with Gasteiger partial charge in [-0.3, -0.25) is 4.79 Å². The number of ether oxygens (including phenoxy) is 1. The fraction of sp³-hybridized carbons (Fsp3) is 0.533. The van der Waals surface area contributed by atoms with Gasteiger partial charge < -0.3 is 20.7 Å². The lowest BCUT2D eigenvalue weighted by Gasteiger charge is -2.25. The Morgan fingerprint density at radius 2 is 2.20 bits per heavy atom. The van der Waals surface area contributed by atoms with Gasteiger partial charge in [0.25, 0.3) is 0 Å². The first-order valence-electron chi connectivity index (χ1n) is 6.85. The Hall–Kier alpha value is -1.59. The highest BCUT2D eigenvalue weighted by Gasteiger charge is 2.15. The van der Waals surface area contributed by atoms with Crippen LogP contribution >= 0.6 is 0 Å². The molecule has 5 heteroatoms. The van der Waals surface area contributed by atoms with Crippen molar-refractivity contribution in [1.82, 2.24) is 10.2 Å². The predicted octanol–water partition coefficient (Wildman–Crippen LogP) is 1.15. The molecule has 1 amide bonds. The molecule has 0 saturated heterocycles. The smallest absolute Gasteiger partial charge is 0.220 e. The minimum atomic E-state index is 0.0465. The maximum absolute atomic E-state index is 11.7. The zero-order valence-electron chi connectivity index (χ0n) is 12.6. The number of nitrogens with one attached hydrogen (secondary N) is 1. The minimum Gasteiger partial charge on any atom is -0.497 e. The Kier molecular flexibility index (Phi) is 7.04. The van der Waals surface area contributed by atoms with Gasteiger partial charge in [-0.15, -0.1) is 0 Å². The summed E-state index contributed by atoms with van der Waals surface area (Å²) in [6.45, 7) is 1.12. The summed E-state index contributed by atoms with van der Waals surface area (Å²) in [5.41, 5.74) is 6.52.